The van der Waals surface area contributed by atoms with Crippen molar-refractivity contribution in [3.05, 3.63) is 23.7 Å². The van der Waals surface area contributed by atoms with E-state index in [1.807, 2.05) is 0 Å². The summed E-state index contributed by atoms with van der Waals surface area (Å²) in [6.45, 7) is -0.242. The Morgan fingerprint density at radius 2 is 2.18 bits per heavy atom. The molecule has 1 fully saturated rings. The Bertz CT molecular complexity index is 434. The Morgan fingerprint density at radius 3 is 2.65 bits per heavy atom. The number of furan rings is 1. The van der Waals surface area contributed by atoms with E-state index in [2.05, 4.69) is 5.32 Å². The smallest absolute Gasteiger partial charge is 0.406 e. The number of carboxylic acids is 1. The first-order valence-electron chi connectivity index (χ1n) is 4.97. The molecule has 0 unspecified atom stereocenters. The fourth-order valence-electron chi connectivity index (χ4n) is 1.60. The predicted molar refractivity (Wildman–Crippen MR) is 50.5 cm³/mol. The van der Waals surface area contributed by atoms with Gasteiger partial charge in [-0.25, -0.2) is 4.79 Å². The van der Waals surface area contributed by atoms with Crippen molar-refractivity contribution in [3.8, 4) is 0 Å². The summed E-state index contributed by atoms with van der Waals surface area (Å²) in [6.07, 6.45) is -3.14. The van der Waals surface area contributed by atoms with Crippen LogP contribution >= 0.6 is 0 Å². The fraction of sp³-hybridized carbons (Fsp3) is 0.500. The highest BCUT2D eigenvalue weighted by Crippen LogP contribution is 2.49. The van der Waals surface area contributed by atoms with Crippen LogP contribution in [0.5, 0.6) is 0 Å². The van der Waals surface area contributed by atoms with Crippen LogP contribution in [0.3, 0.4) is 0 Å². The molecule has 1 aromatic heterocycles. The molecule has 1 aromatic rings. The van der Waals surface area contributed by atoms with Crippen molar-refractivity contribution in [2.75, 3.05) is 0 Å². The highest BCUT2D eigenvalue weighted by Gasteiger charge is 2.63. The third-order valence-corrected chi connectivity index (χ3v) is 2.86. The SMILES string of the molecule is O=C(O)c1ccoc1CNC1(C(F)(F)F)CC1. The van der Waals surface area contributed by atoms with Crippen LogP contribution in [0, 0.1) is 0 Å². The zero-order valence-corrected chi connectivity index (χ0v) is 8.67. The molecule has 0 spiro atoms. The molecule has 4 nitrogen and oxygen atoms in total. The van der Waals surface area contributed by atoms with Crippen molar-refractivity contribution in [2.45, 2.75) is 31.1 Å². The molecule has 0 aliphatic heterocycles. The van der Waals surface area contributed by atoms with Gasteiger partial charge in [-0.2, -0.15) is 13.2 Å². The number of carboxylic acid groups (broad SMARTS) is 1. The summed E-state index contributed by atoms with van der Waals surface area (Å²) >= 11 is 0. The maximum atomic E-state index is 12.6. The molecule has 0 aromatic carbocycles. The largest absolute Gasteiger partial charge is 0.478 e. The molecule has 2 rings (SSSR count). The molecule has 0 atom stereocenters. The van der Waals surface area contributed by atoms with Crippen LogP contribution in [0.15, 0.2) is 16.7 Å². The summed E-state index contributed by atoms with van der Waals surface area (Å²) < 4.78 is 42.6. The van der Waals surface area contributed by atoms with Gasteiger partial charge in [0.25, 0.3) is 0 Å². The topological polar surface area (TPSA) is 62.5 Å². The highest BCUT2D eigenvalue weighted by molar-refractivity contribution is 5.88. The van der Waals surface area contributed by atoms with Gasteiger partial charge < -0.3 is 9.52 Å². The van der Waals surface area contributed by atoms with Crippen molar-refractivity contribution in [1.82, 2.24) is 5.32 Å². The van der Waals surface area contributed by atoms with Crippen LogP contribution in [-0.4, -0.2) is 22.8 Å². The Kier molecular flexibility index (Phi) is 2.65. The van der Waals surface area contributed by atoms with E-state index in [1.54, 1.807) is 0 Å². The standard InChI is InChI=1S/C10H10F3NO3/c11-10(12,13)9(2-3-9)14-5-7-6(8(15)16)1-4-17-7/h1,4,14H,2-3,5H2,(H,15,16). The zero-order chi connectivity index (χ0) is 12.7. The minimum atomic E-state index is -4.32. The lowest BCUT2D eigenvalue weighted by Gasteiger charge is -2.20. The maximum Gasteiger partial charge on any atom is 0.406 e. The summed E-state index contributed by atoms with van der Waals surface area (Å²) in [5.74, 6) is -1.21. The normalized spacial score (nSPS) is 18.1. The number of alkyl halides is 3. The van der Waals surface area contributed by atoms with E-state index in [4.69, 9.17) is 9.52 Å². The molecule has 1 saturated carbocycles. The van der Waals surface area contributed by atoms with Crippen LogP contribution in [0.4, 0.5) is 13.2 Å². The number of aromatic carboxylic acids is 1. The van der Waals surface area contributed by atoms with Crippen LogP contribution in [0.2, 0.25) is 0 Å². The van der Waals surface area contributed by atoms with E-state index in [9.17, 15) is 18.0 Å². The molecule has 1 heterocycles. The van der Waals surface area contributed by atoms with E-state index < -0.39 is 17.7 Å². The van der Waals surface area contributed by atoms with E-state index in [1.165, 1.54) is 6.07 Å². The second-order valence-electron chi connectivity index (χ2n) is 4.00. The van der Waals surface area contributed by atoms with Crippen LogP contribution in [0.25, 0.3) is 0 Å². The molecule has 0 saturated heterocycles. The summed E-state index contributed by atoms with van der Waals surface area (Å²) in [5, 5.41) is 11.1. The van der Waals surface area contributed by atoms with E-state index in [0.29, 0.717) is 0 Å². The molecule has 0 amide bonds. The van der Waals surface area contributed by atoms with Gasteiger partial charge >= 0.3 is 12.1 Å². The lowest BCUT2D eigenvalue weighted by molar-refractivity contribution is -0.166. The van der Waals surface area contributed by atoms with Crippen molar-refractivity contribution in [3.63, 3.8) is 0 Å². The fourth-order valence-corrected chi connectivity index (χ4v) is 1.60. The Hall–Kier alpha value is -1.50. The third-order valence-electron chi connectivity index (χ3n) is 2.86. The van der Waals surface area contributed by atoms with Crippen molar-refractivity contribution in [2.24, 2.45) is 0 Å². The van der Waals surface area contributed by atoms with Gasteiger partial charge in [0.1, 0.15) is 16.9 Å². The molecular formula is C10H10F3NO3. The van der Waals surface area contributed by atoms with Gasteiger partial charge in [-0.3, -0.25) is 5.32 Å². The number of nitrogens with one attached hydrogen (secondary N) is 1. The molecule has 1 aliphatic rings. The predicted octanol–water partition coefficient (Wildman–Crippen LogP) is 2.16. The molecule has 1 aliphatic carbocycles. The minimum Gasteiger partial charge on any atom is -0.478 e. The minimum absolute atomic E-state index is 0.00743. The number of rotatable bonds is 4. The average Bonchev–Trinajstić information content (AvgIpc) is 2.86. The first kappa shape index (κ1) is 12.0. The lowest BCUT2D eigenvalue weighted by Crippen LogP contribution is -2.44. The third kappa shape index (κ3) is 2.14. The van der Waals surface area contributed by atoms with Crippen molar-refractivity contribution >= 4 is 5.97 Å². The summed E-state index contributed by atoms with van der Waals surface area (Å²) in [5.41, 5.74) is -1.98. The zero-order valence-electron chi connectivity index (χ0n) is 8.67. The van der Waals surface area contributed by atoms with E-state index in [-0.39, 0.29) is 30.7 Å². The van der Waals surface area contributed by atoms with Gasteiger partial charge in [0.2, 0.25) is 0 Å². The first-order valence-corrected chi connectivity index (χ1v) is 4.97. The molecule has 2 N–H and O–H groups in total. The Labute approximate surface area is 94.4 Å². The molecular weight excluding hydrogens is 239 g/mol. The summed E-state index contributed by atoms with van der Waals surface area (Å²) in [6, 6.07) is 1.21. The van der Waals surface area contributed by atoms with Crippen LogP contribution in [-0.2, 0) is 6.54 Å². The van der Waals surface area contributed by atoms with Gasteiger partial charge in [-0.1, -0.05) is 0 Å². The second-order valence-corrected chi connectivity index (χ2v) is 4.00. The quantitative estimate of drug-likeness (QED) is 0.858. The Balaban J connectivity index is 2.04. The monoisotopic (exact) mass is 249 g/mol. The number of carbonyl (C=O) groups is 1. The van der Waals surface area contributed by atoms with E-state index in [0.717, 1.165) is 6.26 Å². The molecule has 0 radical (unpaired) electrons. The van der Waals surface area contributed by atoms with Gasteiger partial charge in [0.15, 0.2) is 0 Å². The van der Waals surface area contributed by atoms with Gasteiger partial charge in [0.05, 0.1) is 12.8 Å². The van der Waals surface area contributed by atoms with Crippen molar-refractivity contribution in [1.29, 1.82) is 0 Å². The number of hydrogen-bond donors (Lipinski definition) is 2. The number of halogens is 3. The Morgan fingerprint density at radius 1 is 1.53 bits per heavy atom. The molecule has 0 bridgehead atoms. The lowest BCUT2D eigenvalue weighted by atomic mass is 10.2. The van der Waals surface area contributed by atoms with Crippen LogP contribution < -0.4 is 5.32 Å². The van der Waals surface area contributed by atoms with Crippen LogP contribution in [0.1, 0.15) is 29.0 Å². The maximum absolute atomic E-state index is 12.6. The summed E-state index contributed by atoms with van der Waals surface area (Å²) in [4.78, 5) is 10.7. The molecule has 94 valence electrons. The summed E-state index contributed by atoms with van der Waals surface area (Å²) in [7, 11) is 0. The first-order chi connectivity index (χ1) is 7.86. The molecule has 7 heteroatoms. The van der Waals surface area contributed by atoms with Gasteiger partial charge in [0, 0.05) is 0 Å². The van der Waals surface area contributed by atoms with E-state index >= 15 is 0 Å². The second kappa shape index (κ2) is 3.76. The number of hydrogen-bond acceptors (Lipinski definition) is 3. The van der Waals surface area contributed by atoms with Crippen molar-refractivity contribution < 1.29 is 27.5 Å². The molecule has 17 heavy (non-hydrogen) atoms. The van der Waals surface area contributed by atoms with Gasteiger partial charge in [-0.15, -0.1) is 0 Å². The van der Waals surface area contributed by atoms with Gasteiger partial charge in [-0.05, 0) is 18.9 Å². The average molecular weight is 249 g/mol. The highest BCUT2D eigenvalue weighted by atomic mass is 19.4.